The first-order valence-electron chi connectivity index (χ1n) is 6.15. The molecule has 0 aliphatic heterocycles. The molecule has 0 atom stereocenters. The minimum absolute atomic E-state index is 0.0730. The largest absolute Gasteiger partial charge is 0.459 e. The second kappa shape index (κ2) is 3.96. The molecule has 16 heavy (non-hydrogen) atoms. The van der Waals surface area contributed by atoms with Crippen LogP contribution in [-0.2, 0) is 0 Å². The van der Waals surface area contributed by atoms with Crippen LogP contribution in [0.3, 0.4) is 0 Å². The van der Waals surface area contributed by atoms with E-state index in [0.29, 0.717) is 5.76 Å². The van der Waals surface area contributed by atoms with Gasteiger partial charge in [-0.3, -0.25) is 4.79 Å². The first kappa shape index (κ1) is 9.94. The summed E-state index contributed by atoms with van der Waals surface area (Å²) in [6.45, 7) is 1.85. The molecule has 0 saturated heterocycles. The van der Waals surface area contributed by atoms with Gasteiger partial charge in [0.2, 0.25) is 0 Å². The molecule has 2 aliphatic carbocycles. The normalized spacial score (nSPS) is 19.8. The van der Waals surface area contributed by atoms with Gasteiger partial charge >= 0.3 is 0 Å². The number of carbonyl (C=O) groups is 1. The van der Waals surface area contributed by atoms with Crippen LogP contribution in [0.4, 0.5) is 0 Å². The van der Waals surface area contributed by atoms with E-state index in [4.69, 9.17) is 4.42 Å². The van der Waals surface area contributed by atoms with Crippen molar-refractivity contribution in [2.45, 2.75) is 25.7 Å². The van der Waals surface area contributed by atoms with E-state index >= 15 is 0 Å². The lowest BCUT2D eigenvalue weighted by molar-refractivity contribution is 0.0707. The van der Waals surface area contributed by atoms with Crippen LogP contribution in [0.2, 0.25) is 0 Å². The van der Waals surface area contributed by atoms with Crippen molar-refractivity contribution in [2.24, 2.45) is 11.8 Å². The van der Waals surface area contributed by atoms with Crippen LogP contribution in [0, 0.1) is 11.8 Å². The Morgan fingerprint density at radius 2 is 1.88 bits per heavy atom. The molecule has 1 heterocycles. The summed E-state index contributed by atoms with van der Waals surface area (Å²) in [5.41, 5.74) is 0. The predicted molar refractivity (Wildman–Crippen MR) is 60.1 cm³/mol. The molecule has 1 aromatic rings. The molecule has 0 bridgehead atoms. The molecule has 0 N–H and O–H groups in total. The number of rotatable bonds is 5. The van der Waals surface area contributed by atoms with Gasteiger partial charge in [-0.2, -0.15) is 0 Å². The highest BCUT2D eigenvalue weighted by Gasteiger charge is 2.32. The molecule has 0 spiro atoms. The molecule has 1 aromatic heterocycles. The summed E-state index contributed by atoms with van der Waals surface area (Å²) >= 11 is 0. The molecule has 0 radical (unpaired) electrons. The highest BCUT2D eigenvalue weighted by atomic mass is 16.3. The van der Waals surface area contributed by atoms with Gasteiger partial charge in [0.15, 0.2) is 5.76 Å². The summed E-state index contributed by atoms with van der Waals surface area (Å²) in [5, 5.41) is 0. The molecule has 86 valence electrons. The van der Waals surface area contributed by atoms with Crippen LogP contribution >= 0.6 is 0 Å². The van der Waals surface area contributed by atoms with Crippen LogP contribution in [0.5, 0.6) is 0 Å². The number of hydrogen-bond donors (Lipinski definition) is 0. The summed E-state index contributed by atoms with van der Waals surface area (Å²) in [7, 11) is 0. The van der Waals surface area contributed by atoms with Crippen LogP contribution in [-0.4, -0.2) is 23.9 Å². The Balaban J connectivity index is 1.67. The lowest BCUT2D eigenvalue weighted by atomic mass is 10.3. The Morgan fingerprint density at radius 3 is 2.31 bits per heavy atom. The minimum Gasteiger partial charge on any atom is -0.459 e. The fraction of sp³-hybridized carbons (Fsp3) is 0.615. The van der Waals surface area contributed by atoms with E-state index in [9.17, 15) is 4.79 Å². The zero-order chi connectivity index (χ0) is 11.0. The van der Waals surface area contributed by atoms with Crippen molar-refractivity contribution in [3.63, 3.8) is 0 Å². The van der Waals surface area contributed by atoms with Crippen molar-refractivity contribution in [3.05, 3.63) is 24.2 Å². The molecule has 2 fully saturated rings. The van der Waals surface area contributed by atoms with E-state index in [2.05, 4.69) is 0 Å². The maximum atomic E-state index is 12.2. The Morgan fingerprint density at radius 1 is 1.25 bits per heavy atom. The summed E-state index contributed by atoms with van der Waals surface area (Å²) in [4.78, 5) is 14.2. The number of hydrogen-bond acceptors (Lipinski definition) is 2. The summed E-state index contributed by atoms with van der Waals surface area (Å²) in [5.74, 6) is 2.06. The molecule has 3 heteroatoms. The maximum absolute atomic E-state index is 12.2. The van der Waals surface area contributed by atoms with E-state index in [-0.39, 0.29) is 5.91 Å². The van der Waals surface area contributed by atoms with Crippen LogP contribution in [0.25, 0.3) is 0 Å². The van der Waals surface area contributed by atoms with Crippen molar-refractivity contribution in [2.75, 3.05) is 13.1 Å². The van der Waals surface area contributed by atoms with Gasteiger partial charge < -0.3 is 9.32 Å². The van der Waals surface area contributed by atoms with E-state index in [1.165, 1.54) is 25.7 Å². The van der Waals surface area contributed by atoms with Gasteiger partial charge in [0, 0.05) is 13.1 Å². The Hall–Kier alpha value is -1.25. The highest BCUT2D eigenvalue weighted by molar-refractivity contribution is 5.91. The lowest BCUT2D eigenvalue weighted by Gasteiger charge is -2.21. The van der Waals surface area contributed by atoms with E-state index < -0.39 is 0 Å². The third-order valence-corrected chi connectivity index (χ3v) is 3.37. The zero-order valence-corrected chi connectivity index (χ0v) is 9.39. The van der Waals surface area contributed by atoms with Gasteiger partial charge in [-0.1, -0.05) is 0 Å². The third kappa shape index (κ3) is 2.29. The topological polar surface area (TPSA) is 33.5 Å². The molecule has 0 aromatic carbocycles. The number of amides is 1. The first-order chi connectivity index (χ1) is 7.83. The van der Waals surface area contributed by atoms with Gasteiger partial charge in [0.1, 0.15) is 0 Å². The SMILES string of the molecule is O=C(c1ccco1)N(CC1CC1)CC1CC1. The second-order valence-electron chi connectivity index (χ2n) is 5.07. The molecular weight excluding hydrogens is 202 g/mol. The Labute approximate surface area is 95.4 Å². The molecule has 0 unspecified atom stereocenters. The third-order valence-electron chi connectivity index (χ3n) is 3.37. The number of nitrogens with zero attached hydrogens (tertiary/aromatic N) is 1. The standard InChI is InChI=1S/C13H17NO2/c15-13(12-2-1-7-16-12)14(8-10-3-4-10)9-11-5-6-11/h1-2,7,10-11H,3-6,8-9H2. The van der Waals surface area contributed by atoms with Gasteiger partial charge in [0.05, 0.1) is 6.26 Å². The minimum atomic E-state index is 0.0730. The number of furan rings is 1. The van der Waals surface area contributed by atoms with Crippen molar-refractivity contribution in [3.8, 4) is 0 Å². The summed E-state index contributed by atoms with van der Waals surface area (Å²) < 4.78 is 5.19. The average molecular weight is 219 g/mol. The summed E-state index contributed by atoms with van der Waals surface area (Å²) in [6, 6.07) is 3.54. The monoisotopic (exact) mass is 219 g/mol. The van der Waals surface area contributed by atoms with Gasteiger partial charge in [-0.05, 0) is 49.7 Å². The van der Waals surface area contributed by atoms with Crippen LogP contribution in [0.15, 0.2) is 22.8 Å². The smallest absolute Gasteiger partial charge is 0.289 e. The first-order valence-corrected chi connectivity index (χ1v) is 6.15. The number of carbonyl (C=O) groups excluding carboxylic acids is 1. The van der Waals surface area contributed by atoms with Crippen molar-refractivity contribution < 1.29 is 9.21 Å². The maximum Gasteiger partial charge on any atom is 0.289 e. The van der Waals surface area contributed by atoms with E-state index in [1.807, 2.05) is 4.90 Å². The summed E-state index contributed by atoms with van der Waals surface area (Å²) in [6.07, 6.45) is 6.71. The van der Waals surface area contributed by atoms with Crippen LogP contribution < -0.4 is 0 Å². The van der Waals surface area contributed by atoms with E-state index in [1.54, 1.807) is 18.4 Å². The fourth-order valence-corrected chi connectivity index (χ4v) is 2.02. The lowest BCUT2D eigenvalue weighted by Crippen LogP contribution is -2.34. The molecule has 1 amide bonds. The van der Waals surface area contributed by atoms with E-state index in [0.717, 1.165) is 24.9 Å². The second-order valence-corrected chi connectivity index (χ2v) is 5.07. The quantitative estimate of drug-likeness (QED) is 0.762. The van der Waals surface area contributed by atoms with Crippen molar-refractivity contribution >= 4 is 5.91 Å². The zero-order valence-electron chi connectivity index (χ0n) is 9.39. The van der Waals surface area contributed by atoms with Gasteiger partial charge in [-0.25, -0.2) is 0 Å². The van der Waals surface area contributed by atoms with Crippen molar-refractivity contribution in [1.29, 1.82) is 0 Å². The fourth-order valence-electron chi connectivity index (χ4n) is 2.02. The molecule has 2 saturated carbocycles. The Bertz CT molecular complexity index is 349. The highest BCUT2D eigenvalue weighted by Crippen LogP contribution is 2.34. The molecule has 3 nitrogen and oxygen atoms in total. The predicted octanol–water partition coefficient (Wildman–Crippen LogP) is 2.54. The van der Waals surface area contributed by atoms with Gasteiger partial charge in [-0.15, -0.1) is 0 Å². The van der Waals surface area contributed by atoms with Gasteiger partial charge in [0.25, 0.3) is 5.91 Å². The molecular formula is C13H17NO2. The molecule has 2 aliphatic rings. The Kier molecular flexibility index (Phi) is 2.46. The van der Waals surface area contributed by atoms with Crippen LogP contribution in [0.1, 0.15) is 36.2 Å². The average Bonchev–Trinajstić information content (AvgIpc) is 3.20. The van der Waals surface area contributed by atoms with Crippen molar-refractivity contribution in [1.82, 2.24) is 4.90 Å². The molecule has 3 rings (SSSR count).